The number of nitrogens with one attached hydrogen (secondary N) is 2. The summed E-state index contributed by atoms with van der Waals surface area (Å²) in [6, 6.07) is 5.47. The van der Waals surface area contributed by atoms with Gasteiger partial charge >= 0.3 is 0 Å². The molecule has 0 aromatic heterocycles. The maximum Gasteiger partial charge on any atom is 0.242 e. The van der Waals surface area contributed by atoms with Gasteiger partial charge in [-0.1, -0.05) is 6.42 Å². The van der Waals surface area contributed by atoms with Gasteiger partial charge in [-0.3, -0.25) is 0 Å². The molecular formula is C14H23N3O2S2. The maximum absolute atomic E-state index is 11.8. The molecule has 2 unspecified atom stereocenters. The lowest BCUT2D eigenvalue weighted by Crippen LogP contribution is -2.28. The van der Waals surface area contributed by atoms with Gasteiger partial charge in [-0.15, -0.1) is 0 Å². The molecule has 2 rings (SSSR count). The van der Waals surface area contributed by atoms with Crippen LogP contribution in [0.5, 0.6) is 0 Å². The summed E-state index contributed by atoms with van der Waals surface area (Å²) in [5, 5.41) is 4.18. The molecule has 0 radical (unpaired) electrons. The minimum atomic E-state index is -3.50. The largest absolute Gasteiger partial charge is 0.398 e. The van der Waals surface area contributed by atoms with E-state index < -0.39 is 10.0 Å². The summed E-state index contributed by atoms with van der Waals surface area (Å²) in [5.74, 6) is 0. The Morgan fingerprint density at radius 1 is 1.33 bits per heavy atom. The summed E-state index contributed by atoms with van der Waals surface area (Å²) in [4.78, 5) is 0.126. The molecule has 7 heteroatoms. The number of sulfonamides is 1. The van der Waals surface area contributed by atoms with Crippen molar-refractivity contribution in [2.24, 2.45) is 0 Å². The van der Waals surface area contributed by atoms with E-state index in [1.54, 1.807) is 18.2 Å². The number of hydrogen-bond donors (Lipinski definition) is 3. The number of anilines is 2. The third kappa shape index (κ3) is 4.05. The van der Waals surface area contributed by atoms with Crippen LogP contribution in [-0.4, -0.2) is 33.0 Å². The molecule has 0 saturated heterocycles. The second kappa shape index (κ2) is 6.89. The van der Waals surface area contributed by atoms with Gasteiger partial charge in [-0.25, -0.2) is 13.1 Å². The van der Waals surface area contributed by atoms with Gasteiger partial charge < -0.3 is 11.1 Å². The van der Waals surface area contributed by atoms with E-state index in [-0.39, 0.29) is 10.6 Å². The lowest BCUT2D eigenvalue weighted by Gasteiger charge is -2.29. The molecule has 1 aromatic carbocycles. The van der Waals surface area contributed by atoms with Crippen LogP contribution in [0, 0.1) is 0 Å². The van der Waals surface area contributed by atoms with E-state index in [1.807, 2.05) is 11.8 Å². The molecule has 1 saturated carbocycles. The summed E-state index contributed by atoms with van der Waals surface area (Å²) < 4.78 is 25.9. The fourth-order valence-electron chi connectivity index (χ4n) is 2.72. The van der Waals surface area contributed by atoms with Gasteiger partial charge in [-0.2, -0.15) is 11.8 Å². The summed E-state index contributed by atoms with van der Waals surface area (Å²) in [5.41, 5.74) is 7.03. The zero-order chi connectivity index (χ0) is 15.5. The first-order valence-corrected chi connectivity index (χ1v) is 9.85. The van der Waals surface area contributed by atoms with Crippen LogP contribution in [-0.2, 0) is 10.0 Å². The number of nitrogen functional groups attached to an aromatic ring is 1. The molecule has 2 atom stereocenters. The fraction of sp³-hybridized carbons (Fsp3) is 0.571. The number of rotatable bonds is 5. The first-order valence-electron chi connectivity index (χ1n) is 7.08. The van der Waals surface area contributed by atoms with Crippen LogP contribution in [0.1, 0.15) is 25.7 Å². The second-order valence-corrected chi connectivity index (χ2v) is 8.32. The molecule has 0 spiro atoms. The predicted molar refractivity (Wildman–Crippen MR) is 90.3 cm³/mol. The lowest BCUT2D eigenvalue weighted by atomic mass is 9.95. The third-order valence-corrected chi connectivity index (χ3v) is 6.48. The molecule has 1 aliphatic carbocycles. The van der Waals surface area contributed by atoms with Crippen molar-refractivity contribution in [1.29, 1.82) is 0 Å². The van der Waals surface area contributed by atoms with Gasteiger partial charge in [0.2, 0.25) is 10.0 Å². The Balaban J connectivity index is 2.10. The number of nitrogens with two attached hydrogens (primary N) is 1. The van der Waals surface area contributed by atoms with Gasteiger partial charge in [0.05, 0.1) is 5.69 Å². The molecular weight excluding hydrogens is 306 g/mol. The zero-order valence-electron chi connectivity index (χ0n) is 12.4. The smallest absolute Gasteiger partial charge is 0.242 e. The molecule has 0 aliphatic heterocycles. The van der Waals surface area contributed by atoms with Crippen LogP contribution in [0.3, 0.4) is 0 Å². The Morgan fingerprint density at radius 2 is 2.10 bits per heavy atom. The van der Waals surface area contributed by atoms with Crippen LogP contribution in [0.2, 0.25) is 0 Å². The Bertz CT molecular complexity index is 590. The van der Waals surface area contributed by atoms with Crippen molar-refractivity contribution in [2.45, 2.75) is 41.9 Å². The quantitative estimate of drug-likeness (QED) is 0.722. The lowest BCUT2D eigenvalue weighted by molar-refractivity contribution is 0.473. The van der Waals surface area contributed by atoms with E-state index in [9.17, 15) is 8.42 Å². The maximum atomic E-state index is 11.8. The van der Waals surface area contributed by atoms with E-state index >= 15 is 0 Å². The molecule has 21 heavy (non-hydrogen) atoms. The van der Waals surface area contributed by atoms with Crippen molar-refractivity contribution in [3.05, 3.63) is 18.2 Å². The van der Waals surface area contributed by atoms with Crippen LogP contribution in [0.25, 0.3) is 0 Å². The van der Waals surface area contributed by atoms with Crippen LogP contribution < -0.4 is 15.8 Å². The SMILES string of the molecule is CNS(=O)(=O)c1ccc(NC2CCCC(SC)C2)cc1N. The summed E-state index contributed by atoms with van der Waals surface area (Å²) in [7, 11) is -2.12. The summed E-state index contributed by atoms with van der Waals surface area (Å²) in [6.07, 6.45) is 6.94. The Labute approximate surface area is 131 Å². The molecule has 118 valence electrons. The molecule has 1 fully saturated rings. The van der Waals surface area contributed by atoms with Gasteiger partial charge in [-0.05, 0) is 50.8 Å². The average molecular weight is 329 g/mol. The number of hydrogen-bond acceptors (Lipinski definition) is 5. The van der Waals surface area contributed by atoms with E-state index in [0.29, 0.717) is 11.3 Å². The molecule has 0 amide bonds. The number of benzene rings is 1. The minimum Gasteiger partial charge on any atom is -0.398 e. The van der Waals surface area contributed by atoms with E-state index in [1.165, 1.54) is 19.9 Å². The topological polar surface area (TPSA) is 84.2 Å². The van der Waals surface area contributed by atoms with E-state index in [0.717, 1.165) is 18.5 Å². The first kappa shape index (κ1) is 16.5. The van der Waals surface area contributed by atoms with Crippen molar-refractivity contribution < 1.29 is 8.42 Å². The molecule has 5 nitrogen and oxygen atoms in total. The van der Waals surface area contributed by atoms with Crippen molar-refractivity contribution in [2.75, 3.05) is 24.4 Å². The van der Waals surface area contributed by atoms with Crippen molar-refractivity contribution in [3.8, 4) is 0 Å². The highest BCUT2D eigenvalue weighted by atomic mass is 32.2. The van der Waals surface area contributed by atoms with Crippen LogP contribution in [0.15, 0.2) is 23.1 Å². The standard InChI is InChI=1S/C14H23N3O2S2/c1-16-21(18,19)14-7-6-11(9-13(14)15)17-10-4-3-5-12(8-10)20-2/h6-7,9-10,12,16-17H,3-5,8,15H2,1-2H3. The monoisotopic (exact) mass is 329 g/mol. The minimum absolute atomic E-state index is 0.126. The highest BCUT2D eigenvalue weighted by Crippen LogP contribution is 2.30. The van der Waals surface area contributed by atoms with Crippen LogP contribution >= 0.6 is 11.8 Å². The van der Waals surface area contributed by atoms with E-state index in [2.05, 4.69) is 16.3 Å². The third-order valence-electron chi connectivity index (χ3n) is 3.90. The molecule has 1 aliphatic rings. The number of thioether (sulfide) groups is 1. The van der Waals surface area contributed by atoms with Gasteiger partial charge in [0.1, 0.15) is 4.90 Å². The van der Waals surface area contributed by atoms with Gasteiger partial charge in [0.25, 0.3) is 0 Å². The van der Waals surface area contributed by atoms with E-state index in [4.69, 9.17) is 5.73 Å². The molecule has 4 N–H and O–H groups in total. The normalized spacial score (nSPS) is 23.0. The first-order chi connectivity index (χ1) is 9.96. The summed E-state index contributed by atoms with van der Waals surface area (Å²) >= 11 is 1.92. The summed E-state index contributed by atoms with van der Waals surface area (Å²) in [6.45, 7) is 0. The molecule has 0 heterocycles. The Hall–Kier alpha value is -0.920. The zero-order valence-corrected chi connectivity index (χ0v) is 14.1. The van der Waals surface area contributed by atoms with Gasteiger partial charge in [0.15, 0.2) is 0 Å². The predicted octanol–water partition coefficient (Wildman–Crippen LogP) is 2.26. The Kier molecular flexibility index (Phi) is 5.40. The van der Waals surface area contributed by atoms with Crippen molar-refractivity contribution >= 4 is 33.2 Å². The fourth-order valence-corrected chi connectivity index (χ4v) is 4.38. The molecule has 1 aromatic rings. The van der Waals surface area contributed by atoms with Crippen LogP contribution in [0.4, 0.5) is 11.4 Å². The Morgan fingerprint density at radius 3 is 2.71 bits per heavy atom. The second-order valence-electron chi connectivity index (χ2n) is 5.33. The van der Waals surface area contributed by atoms with Crippen molar-refractivity contribution in [3.63, 3.8) is 0 Å². The molecule has 0 bridgehead atoms. The van der Waals surface area contributed by atoms with Gasteiger partial charge in [0, 0.05) is 17.0 Å². The highest BCUT2D eigenvalue weighted by molar-refractivity contribution is 7.99. The highest BCUT2D eigenvalue weighted by Gasteiger charge is 2.22. The average Bonchev–Trinajstić information content (AvgIpc) is 2.47. The van der Waals surface area contributed by atoms with Crippen molar-refractivity contribution in [1.82, 2.24) is 4.72 Å².